The maximum Gasteiger partial charge on any atom is 0.143 e. The molecule has 4 nitrogen and oxygen atoms in total. The molecule has 2 aromatic carbocycles. The molecule has 0 aliphatic carbocycles. The monoisotopic (exact) mass is 285 g/mol. The predicted molar refractivity (Wildman–Crippen MR) is 80.8 cm³/mol. The topological polar surface area (TPSA) is 64.1 Å². The molecule has 1 heterocycles. The smallest absolute Gasteiger partial charge is 0.143 e. The summed E-state index contributed by atoms with van der Waals surface area (Å²) < 4.78 is 15.2. The largest absolute Gasteiger partial charge is 0.399 e. The Morgan fingerprint density at radius 1 is 1.24 bits per heavy atom. The fourth-order valence-corrected chi connectivity index (χ4v) is 2.52. The summed E-state index contributed by atoms with van der Waals surface area (Å²) in [6, 6.07) is 9.95. The number of nitrogens with two attached hydrogens (primary N) is 1. The Bertz CT molecular complexity index is 824. The highest BCUT2D eigenvalue weighted by molar-refractivity contribution is 5.82. The third kappa shape index (κ3) is 2.25. The van der Waals surface area contributed by atoms with Crippen LogP contribution in [0.2, 0.25) is 0 Å². The van der Waals surface area contributed by atoms with E-state index in [1.54, 1.807) is 25.1 Å². The van der Waals surface area contributed by atoms with E-state index in [1.807, 2.05) is 17.6 Å². The van der Waals surface area contributed by atoms with Gasteiger partial charge in [0.1, 0.15) is 17.7 Å². The third-order valence-corrected chi connectivity index (χ3v) is 3.48. The number of anilines is 1. The molecule has 3 rings (SSSR count). The van der Waals surface area contributed by atoms with Crippen LogP contribution in [0.1, 0.15) is 24.4 Å². The van der Waals surface area contributed by atoms with Crippen molar-refractivity contribution in [3.8, 4) is 5.69 Å². The summed E-state index contributed by atoms with van der Waals surface area (Å²) in [7, 11) is 0. The molecule has 21 heavy (non-hydrogen) atoms. The summed E-state index contributed by atoms with van der Waals surface area (Å²) in [4.78, 5) is 4.45. The van der Waals surface area contributed by atoms with Crippen molar-refractivity contribution in [2.45, 2.75) is 20.0 Å². The molecular formula is C16H16FN3O. The van der Waals surface area contributed by atoms with Gasteiger partial charge in [-0.3, -0.25) is 4.57 Å². The number of aryl methyl sites for hydroxylation is 1. The lowest BCUT2D eigenvalue weighted by Gasteiger charge is -2.13. The number of hydrogen-bond donors (Lipinski definition) is 2. The minimum atomic E-state index is -0.747. The summed E-state index contributed by atoms with van der Waals surface area (Å²) in [5, 5.41) is 9.99. The second kappa shape index (κ2) is 4.86. The molecular weight excluding hydrogens is 269 g/mol. The first kappa shape index (κ1) is 13.6. The van der Waals surface area contributed by atoms with Crippen LogP contribution < -0.4 is 5.73 Å². The van der Waals surface area contributed by atoms with Crippen molar-refractivity contribution < 1.29 is 9.50 Å². The van der Waals surface area contributed by atoms with Crippen LogP contribution in [0, 0.1) is 12.7 Å². The van der Waals surface area contributed by atoms with Gasteiger partial charge in [-0.25, -0.2) is 9.37 Å². The van der Waals surface area contributed by atoms with Crippen LogP contribution in [0.15, 0.2) is 36.4 Å². The van der Waals surface area contributed by atoms with Gasteiger partial charge in [0.2, 0.25) is 0 Å². The zero-order valence-electron chi connectivity index (χ0n) is 11.8. The molecule has 0 fully saturated rings. The first-order valence-corrected chi connectivity index (χ1v) is 6.70. The van der Waals surface area contributed by atoms with Crippen LogP contribution in [0.3, 0.4) is 0 Å². The molecule has 0 spiro atoms. The Hall–Kier alpha value is -2.40. The zero-order chi connectivity index (χ0) is 15.1. The average Bonchev–Trinajstić information content (AvgIpc) is 2.77. The van der Waals surface area contributed by atoms with Gasteiger partial charge in [0.05, 0.1) is 16.7 Å². The SMILES string of the molecule is Cc1cc(F)ccc1-n1c(C(C)O)nc2cc(N)ccc21. The number of aromatic nitrogens is 2. The molecule has 0 aliphatic rings. The number of rotatable bonds is 2. The molecule has 3 aromatic rings. The molecule has 0 amide bonds. The predicted octanol–water partition coefficient (Wildman–Crippen LogP) is 3.11. The summed E-state index contributed by atoms with van der Waals surface area (Å²) in [6.45, 7) is 3.48. The number of nitrogens with zero attached hydrogens (tertiary/aromatic N) is 2. The number of fused-ring (bicyclic) bond motifs is 1. The van der Waals surface area contributed by atoms with Crippen LogP contribution in [-0.2, 0) is 0 Å². The Morgan fingerprint density at radius 2 is 2.00 bits per heavy atom. The Morgan fingerprint density at radius 3 is 2.67 bits per heavy atom. The molecule has 1 aromatic heterocycles. The number of halogens is 1. The average molecular weight is 285 g/mol. The lowest BCUT2D eigenvalue weighted by Crippen LogP contribution is -2.06. The van der Waals surface area contributed by atoms with Crippen LogP contribution >= 0.6 is 0 Å². The van der Waals surface area contributed by atoms with Gasteiger partial charge in [0.15, 0.2) is 0 Å². The van der Waals surface area contributed by atoms with E-state index in [1.165, 1.54) is 12.1 Å². The van der Waals surface area contributed by atoms with Gasteiger partial charge in [-0.1, -0.05) is 0 Å². The fraction of sp³-hybridized carbons (Fsp3) is 0.188. The summed E-state index contributed by atoms with van der Waals surface area (Å²) in [6.07, 6.45) is -0.747. The highest BCUT2D eigenvalue weighted by atomic mass is 19.1. The molecule has 0 radical (unpaired) electrons. The first-order valence-electron chi connectivity index (χ1n) is 6.70. The molecule has 1 unspecified atom stereocenters. The number of imidazole rings is 1. The van der Waals surface area contributed by atoms with Crippen molar-refractivity contribution in [2.24, 2.45) is 0 Å². The van der Waals surface area contributed by atoms with Gasteiger partial charge in [0, 0.05) is 5.69 Å². The number of nitrogen functional groups attached to an aromatic ring is 1. The number of hydrogen-bond acceptors (Lipinski definition) is 3. The van der Waals surface area contributed by atoms with Gasteiger partial charge in [-0.2, -0.15) is 0 Å². The molecule has 0 saturated carbocycles. The standard InChI is InChI=1S/C16H16FN3O/c1-9-7-11(17)3-5-14(9)20-15-6-4-12(18)8-13(15)19-16(20)10(2)21/h3-8,10,21H,18H2,1-2H3. The van der Waals surface area contributed by atoms with E-state index in [4.69, 9.17) is 5.73 Å². The summed E-state index contributed by atoms with van der Waals surface area (Å²) in [5.41, 5.74) is 9.49. The third-order valence-electron chi connectivity index (χ3n) is 3.48. The molecule has 3 N–H and O–H groups in total. The van der Waals surface area contributed by atoms with Crippen LogP contribution in [0.5, 0.6) is 0 Å². The van der Waals surface area contributed by atoms with Gasteiger partial charge in [0.25, 0.3) is 0 Å². The van der Waals surface area contributed by atoms with Crippen molar-refractivity contribution >= 4 is 16.7 Å². The van der Waals surface area contributed by atoms with E-state index in [0.717, 1.165) is 16.8 Å². The lowest BCUT2D eigenvalue weighted by molar-refractivity contribution is 0.187. The van der Waals surface area contributed by atoms with Crippen LogP contribution in [0.4, 0.5) is 10.1 Å². The number of aliphatic hydroxyl groups is 1. The number of aliphatic hydroxyl groups excluding tert-OH is 1. The van der Waals surface area contributed by atoms with Crippen molar-refractivity contribution in [1.82, 2.24) is 9.55 Å². The van der Waals surface area contributed by atoms with E-state index in [0.29, 0.717) is 17.0 Å². The van der Waals surface area contributed by atoms with Crippen molar-refractivity contribution in [3.05, 3.63) is 53.6 Å². The van der Waals surface area contributed by atoms with Gasteiger partial charge in [-0.05, 0) is 55.8 Å². The summed E-state index contributed by atoms with van der Waals surface area (Å²) >= 11 is 0. The Labute approximate surface area is 121 Å². The van der Waals surface area contributed by atoms with Gasteiger partial charge < -0.3 is 10.8 Å². The van der Waals surface area contributed by atoms with Crippen LogP contribution in [0.25, 0.3) is 16.7 Å². The Balaban J connectivity index is 2.36. The van der Waals surface area contributed by atoms with Gasteiger partial charge in [-0.15, -0.1) is 0 Å². The second-order valence-corrected chi connectivity index (χ2v) is 5.16. The maximum absolute atomic E-state index is 13.3. The molecule has 0 saturated heterocycles. The van der Waals surface area contributed by atoms with E-state index >= 15 is 0 Å². The maximum atomic E-state index is 13.3. The quantitative estimate of drug-likeness (QED) is 0.711. The second-order valence-electron chi connectivity index (χ2n) is 5.16. The van der Waals surface area contributed by atoms with Crippen molar-refractivity contribution in [1.29, 1.82) is 0 Å². The molecule has 108 valence electrons. The minimum absolute atomic E-state index is 0.288. The zero-order valence-corrected chi connectivity index (χ0v) is 11.8. The molecule has 1 atom stereocenters. The van der Waals surface area contributed by atoms with E-state index in [2.05, 4.69) is 4.98 Å². The van der Waals surface area contributed by atoms with E-state index < -0.39 is 6.10 Å². The highest BCUT2D eigenvalue weighted by Gasteiger charge is 2.17. The Kier molecular flexibility index (Phi) is 3.14. The van der Waals surface area contributed by atoms with Crippen molar-refractivity contribution in [3.63, 3.8) is 0 Å². The van der Waals surface area contributed by atoms with E-state index in [-0.39, 0.29) is 5.82 Å². The summed E-state index contributed by atoms with van der Waals surface area (Å²) in [5.74, 6) is 0.217. The molecule has 0 aliphatic heterocycles. The first-order chi connectivity index (χ1) is 9.97. The van der Waals surface area contributed by atoms with Gasteiger partial charge >= 0.3 is 0 Å². The van der Waals surface area contributed by atoms with E-state index in [9.17, 15) is 9.50 Å². The number of benzene rings is 2. The fourth-order valence-electron chi connectivity index (χ4n) is 2.52. The highest BCUT2D eigenvalue weighted by Crippen LogP contribution is 2.28. The molecule has 5 heteroatoms. The minimum Gasteiger partial charge on any atom is -0.399 e. The normalized spacial score (nSPS) is 12.8. The van der Waals surface area contributed by atoms with Crippen LogP contribution in [-0.4, -0.2) is 14.7 Å². The molecule has 0 bridgehead atoms. The van der Waals surface area contributed by atoms with Crippen molar-refractivity contribution in [2.75, 3.05) is 5.73 Å². The lowest BCUT2D eigenvalue weighted by atomic mass is 10.1.